The molecule has 0 amide bonds. The highest BCUT2D eigenvalue weighted by molar-refractivity contribution is 6.42. The van der Waals surface area contributed by atoms with Crippen molar-refractivity contribution in [3.05, 3.63) is 21.7 Å². The summed E-state index contributed by atoms with van der Waals surface area (Å²) < 4.78 is 0. The first-order valence-electron chi connectivity index (χ1n) is 2.90. The smallest absolute Gasteiger partial charge is 0.161 e. The van der Waals surface area contributed by atoms with E-state index in [1.165, 1.54) is 6.07 Å². The van der Waals surface area contributed by atoms with Crippen LogP contribution in [0.3, 0.4) is 0 Å². The van der Waals surface area contributed by atoms with Crippen molar-refractivity contribution in [1.29, 1.82) is 0 Å². The molecule has 0 atom stereocenters. The Morgan fingerprint density at radius 1 is 1.27 bits per heavy atom. The van der Waals surface area contributed by atoms with Crippen LogP contribution in [0.25, 0.3) is 0 Å². The number of benzene rings is 1. The second kappa shape index (κ2) is 2.80. The predicted molar refractivity (Wildman–Crippen MR) is 44.5 cm³/mol. The SMILES string of the molecule is Cc1c(O)c(O)cc(Cl)c1Cl. The molecule has 1 aromatic rings. The van der Waals surface area contributed by atoms with Crippen molar-refractivity contribution in [2.24, 2.45) is 0 Å². The molecule has 0 aromatic heterocycles. The molecule has 1 aromatic carbocycles. The molecule has 2 nitrogen and oxygen atoms in total. The average molecular weight is 193 g/mol. The molecule has 0 aliphatic carbocycles. The lowest BCUT2D eigenvalue weighted by atomic mass is 10.2. The Kier molecular flexibility index (Phi) is 2.16. The third kappa shape index (κ3) is 1.37. The lowest BCUT2D eigenvalue weighted by Crippen LogP contribution is -1.79. The minimum Gasteiger partial charge on any atom is -0.504 e. The van der Waals surface area contributed by atoms with Crippen LogP contribution in [0.5, 0.6) is 11.5 Å². The van der Waals surface area contributed by atoms with Gasteiger partial charge < -0.3 is 10.2 Å². The zero-order valence-electron chi connectivity index (χ0n) is 5.73. The Hall–Kier alpha value is -0.600. The molecule has 1 rings (SSSR count). The Labute approximate surface area is 74.0 Å². The van der Waals surface area contributed by atoms with Crippen molar-refractivity contribution in [3.8, 4) is 11.5 Å². The van der Waals surface area contributed by atoms with Crippen LogP contribution in [0.4, 0.5) is 0 Å². The first kappa shape index (κ1) is 8.50. The van der Waals surface area contributed by atoms with Crippen molar-refractivity contribution in [1.82, 2.24) is 0 Å². The zero-order chi connectivity index (χ0) is 8.59. The van der Waals surface area contributed by atoms with Gasteiger partial charge in [0.15, 0.2) is 11.5 Å². The van der Waals surface area contributed by atoms with Crippen LogP contribution in [0, 0.1) is 6.92 Å². The van der Waals surface area contributed by atoms with Gasteiger partial charge in [-0.3, -0.25) is 0 Å². The molecule has 0 heterocycles. The molecule has 4 heteroatoms. The summed E-state index contributed by atoms with van der Waals surface area (Å²) in [5, 5.41) is 18.6. The van der Waals surface area contributed by atoms with Gasteiger partial charge in [0.1, 0.15) is 0 Å². The van der Waals surface area contributed by atoms with Gasteiger partial charge in [0.25, 0.3) is 0 Å². The van der Waals surface area contributed by atoms with E-state index < -0.39 is 0 Å². The molecule has 0 saturated carbocycles. The Bertz CT molecular complexity index is 271. The second-order valence-corrected chi connectivity index (χ2v) is 2.95. The number of halogens is 2. The maximum absolute atomic E-state index is 9.12. The number of hydrogen-bond donors (Lipinski definition) is 2. The van der Waals surface area contributed by atoms with Crippen LogP contribution in [0.2, 0.25) is 10.0 Å². The fraction of sp³-hybridized carbons (Fsp3) is 0.143. The highest BCUT2D eigenvalue weighted by atomic mass is 35.5. The van der Waals surface area contributed by atoms with Crippen molar-refractivity contribution in [2.45, 2.75) is 6.92 Å². The van der Waals surface area contributed by atoms with E-state index in [0.29, 0.717) is 5.56 Å². The molecule has 0 radical (unpaired) electrons. The Balaban J connectivity index is 3.46. The van der Waals surface area contributed by atoms with Crippen LogP contribution in [0.1, 0.15) is 5.56 Å². The number of phenols is 2. The van der Waals surface area contributed by atoms with Gasteiger partial charge in [-0.05, 0) is 6.92 Å². The summed E-state index contributed by atoms with van der Waals surface area (Å²) in [6.45, 7) is 1.57. The summed E-state index contributed by atoms with van der Waals surface area (Å²) in [4.78, 5) is 0. The molecule has 60 valence electrons. The summed E-state index contributed by atoms with van der Waals surface area (Å²) in [7, 11) is 0. The summed E-state index contributed by atoms with van der Waals surface area (Å²) in [5.41, 5.74) is 0.386. The van der Waals surface area contributed by atoms with E-state index in [0.717, 1.165) is 0 Å². The van der Waals surface area contributed by atoms with Crippen molar-refractivity contribution >= 4 is 23.2 Å². The first-order chi connectivity index (χ1) is 5.04. The van der Waals surface area contributed by atoms with Gasteiger partial charge in [0.05, 0.1) is 10.0 Å². The van der Waals surface area contributed by atoms with Crippen LogP contribution >= 0.6 is 23.2 Å². The maximum atomic E-state index is 9.12. The predicted octanol–water partition coefficient (Wildman–Crippen LogP) is 2.71. The highest BCUT2D eigenvalue weighted by Crippen LogP contribution is 2.38. The summed E-state index contributed by atoms with van der Waals surface area (Å²) in [6, 6.07) is 1.20. The van der Waals surface area contributed by atoms with Crippen molar-refractivity contribution in [3.63, 3.8) is 0 Å². The number of rotatable bonds is 0. The summed E-state index contributed by atoms with van der Waals surface area (Å²) in [6.07, 6.45) is 0. The van der Waals surface area contributed by atoms with E-state index in [2.05, 4.69) is 0 Å². The molecule has 0 aliphatic rings. The lowest BCUT2D eigenvalue weighted by Gasteiger charge is -2.04. The topological polar surface area (TPSA) is 40.5 Å². The first-order valence-corrected chi connectivity index (χ1v) is 3.66. The normalized spacial score (nSPS) is 10.1. The van der Waals surface area contributed by atoms with E-state index in [4.69, 9.17) is 33.4 Å². The van der Waals surface area contributed by atoms with Gasteiger partial charge >= 0.3 is 0 Å². The van der Waals surface area contributed by atoms with Crippen LogP contribution in [-0.2, 0) is 0 Å². The van der Waals surface area contributed by atoms with Gasteiger partial charge in [0.2, 0.25) is 0 Å². The third-order valence-corrected chi connectivity index (χ3v) is 2.28. The number of hydrogen-bond acceptors (Lipinski definition) is 2. The molecule has 0 spiro atoms. The monoisotopic (exact) mass is 192 g/mol. The average Bonchev–Trinajstić information content (AvgIpc) is 1.97. The molecular formula is C7H6Cl2O2. The summed E-state index contributed by atoms with van der Waals surface area (Å²) in [5.74, 6) is -0.476. The maximum Gasteiger partial charge on any atom is 0.161 e. The molecule has 0 fully saturated rings. The van der Waals surface area contributed by atoms with Gasteiger partial charge in [-0.2, -0.15) is 0 Å². The quantitative estimate of drug-likeness (QED) is 0.621. The van der Waals surface area contributed by atoms with Crippen LogP contribution in [0.15, 0.2) is 6.07 Å². The molecule has 0 saturated heterocycles. The van der Waals surface area contributed by atoms with E-state index in [9.17, 15) is 0 Å². The Morgan fingerprint density at radius 2 is 1.82 bits per heavy atom. The van der Waals surface area contributed by atoms with Gasteiger partial charge in [0, 0.05) is 11.6 Å². The van der Waals surface area contributed by atoms with Crippen LogP contribution in [-0.4, -0.2) is 10.2 Å². The number of phenolic OH excluding ortho intramolecular Hbond substituents is 2. The van der Waals surface area contributed by atoms with E-state index in [1.807, 2.05) is 0 Å². The summed E-state index contributed by atoms with van der Waals surface area (Å²) >= 11 is 11.2. The van der Waals surface area contributed by atoms with E-state index in [1.54, 1.807) is 6.92 Å². The minimum atomic E-state index is -0.253. The van der Waals surface area contributed by atoms with Gasteiger partial charge in [-0.1, -0.05) is 23.2 Å². The number of aromatic hydroxyl groups is 2. The van der Waals surface area contributed by atoms with E-state index >= 15 is 0 Å². The molecule has 0 aliphatic heterocycles. The standard InChI is InChI=1S/C7H6Cl2O2/c1-3-6(9)4(8)2-5(10)7(3)11/h2,10-11H,1H3. The molecule has 11 heavy (non-hydrogen) atoms. The molecule has 2 N–H and O–H groups in total. The zero-order valence-corrected chi connectivity index (χ0v) is 7.24. The van der Waals surface area contributed by atoms with Gasteiger partial charge in [-0.15, -0.1) is 0 Å². The largest absolute Gasteiger partial charge is 0.504 e. The third-order valence-electron chi connectivity index (χ3n) is 1.40. The minimum absolute atomic E-state index is 0.223. The van der Waals surface area contributed by atoms with Crippen LogP contribution < -0.4 is 0 Å². The van der Waals surface area contributed by atoms with Crippen molar-refractivity contribution < 1.29 is 10.2 Å². The lowest BCUT2D eigenvalue weighted by molar-refractivity contribution is 0.401. The highest BCUT2D eigenvalue weighted by Gasteiger charge is 2.10. The molecule has 0 bridgehead atoms. The molecular weight excluding hydrogens is 187 g/mol. The fourth-order valence-electron chi connectivity index (χ4n) is 0.727. The second-order valence-electron chi connectivity index (χ2n) is 2.17. The van der Waals surface area contributed by atoms with Gasteiger partial charge in [-0.25, -0.2) is 0 Å². The van der Waals surface area contributed by atoms with Crippen molar-refractivity contribution in [2.75, 3.05) is 0 Å². The molecule has 0 unspecified atom stereocenters. The Morgan fingerprint density at radius 3 is 2.36 bits per heavy atom. The van der Waals surface area contributed by atoms with E-state index in [-0.39, 0.29) is 21.5 Å². The fourth-order valence-corrected chi connectivity index (χ4v) is 1.12.